The van der Waals surface area contributed by atoms with Gasteiger partial charge in [0.1, 0.15) is 6.10 Å². The number of benzene rings is 1. The molecule has 1 aliphatic carbocycles. The van der Waals surface area contributed by atoms with Crippen molar-refractivity contribution >= 4 is 17.5 Å². The number of carbonyl (C=O) groups is 2. The lowest BCUT2D eigenvalue weighted by Gasteiger charge is -2.13. The third kappa shape index (κ3) is 5.15. The van der Waals surface area contributed by atoms with Crippen molar-refractivity contribution in [2.24, 2.45) is 5.92 Å². The minimum Gasteiger partial charge on any atom is -0.368 e. The van der Waals surface area contributed by atoms with Gasteiger partial charge >= 0.3 is 0 Å². The highest BCUT2D eigenvalue weighted by Crippen LogP contribution is 2.29. The Morgan fingerprint density at radius 3 is 2.36 bits per heavy atom. The van der Waals surface area contributed by atoms with Crippen LogP contribution in [0.5, 0.6) is 0 Å². The van der Waals surface area contributed by atoms with Crippen LogP contribution in [0.4, 0.5) is 5.69 Å². The molecule has 1 saturated carbocycles. The number of anilines is 1. The molecule has 2 rings (SSSR count). The number of amides is 2. The van der Waals surface area contributed by atoms with Crippen molar-refractivity contribution in [3.05, 3.63) is 29.8 Å². The highest BCUT2D eigenvalue weighted by molar-refractivity contribution is 5.96. The number of nitrogens with one attached hydrogen (secondary N) is 2. The van der Waals surface area contributed by atoms with Gasteiger partial charge in [-0.25, -0.2) is 0 Å². The van der Waals surface area contributed by atoms with E-state index in [2.05, 4.69) is 10.6 Å². The Kier molecular flexibility index (Phi) is 5.55. The second-order valence-electron chi connectivity index (χ2n) is 6.11. The fraction of sp³-hybridized carbons (Fsp3) is 0.529. The molecule has 5 nitrogen and oxygen atoms in total. The van der Waals surface area contributed by atoms with Gasteiger partial charge in [0.05, 0.1) is 6.61 Å². The van der Waals surface area contributed by atoms with Crippen LogP contribution < -0.4 is 10.6 Å². The van der Waals surface area contributed by atoms with E-state index >= 15 is 0 Å². The first-order valence-corrected chi connectivity index (χ1v) is 7.79. The van der Waals surface area contributed by atoms with Gasteiger partial charge in [0.25, 0.3) is 11.8 Å². The van der Waals surface area contributed by atoms with Gasteiger partial charge in [-0.1, -0.05) is 0 Å². The van der Waals surface area contributed by atoms with Crippen molar-refractivity contribution < 1.29 is 14.3 Å². The molecule has 2 N–H and O–H groups in total. The summed E-state index contributed by atoms with van der Waals surface area (Å²) in [6, 6.07) is 6.93. The largest absolute Gasteiger partial charge is 0.368 e. The summed E-state index contributed by atoms with van der Waals surface area (Å²) < 4.78 is 5.53. The lowest BCUT2D eigenvalue weighted by molar-refractivity contribution is -0.126. The topological polar surface area (TPSA) is 67.4 Å². The Bertz CT molecular complexity index is 521. The lowest BCUT2D eigenvalue weighted by atomic mass is 10.2. The summed E-state index contributed by atoms with van der Waals surface area (Å²) in [5.41, 5.74) is 1.23. The van der Waals surface area contributed by atoms with E-state index < -0.39 is 6.10 Å². The van der Waals surface area contributed by atoms with Gasteiger partial charge in [-0.05, 0) is 63.8 Å². The van der Waals surface area contributed by atoms with Crippen molar-refractivity contribution in [1.29, 1.82) is 0 Å². The van der Waals surface area contributed by atoms with Crippen LogP contribution in [0.15, 0.2) is 24.3 Å². The Labute approximate surface area is 131 Å². The number of hydrogen-bond acceptors (Lipinski definition) is 3. The molecule has 2 amide bonds. The highest BCUT2D eigenvalue weighted by Gasteiger charge is 2.24. The van der Waals surface area contributed by atoms with Crippen molar-refractivity contribution in [3.8, 4) is 0 Å². The fourth-order valence-corrected chi connectivity index (χ4v) is 1.93. The van der Waals surface area contributed by atoms with E-state index in [4.69, 9.17) is 4.74 Å². The van der Waals surface area contributed by atoms with Crippen LogP contribution in [0.25, 0.3) is 0 Å². The van der Waals surface area contributed by atoms with Crippen LogP contribution in [-0.2, 0) is 9.53 Å². The number of ether oxygens (including phenoxy) is 1. The zero-order valence-corrected chi connectivity index (χ0v) is 13.4. The zero-order chi connectivity index (χ0) is 16.1. The summed E-state index contributed by atoms with van der Waals surface area (Å²) in [6.07, 6.45) is 1.94. The second kappa shape index (κ2) is 7.40. The molecule has 1 aliphatic rings. The average Bonchev–Trinajstić information content (AvgIpc) is 3.28. The standard InChI is InChI=1S/C17H24N2O3/c1-11(2)18-17(21)14-6-8-15(9-7-14)19-16(20)12(3)22-10-13-4-5-13/h6-9,11-13H,4-5,10H2,1-3H3,(H,18,21)(H,19,20). The maximum absolute atomic E-state index is 12.0. The van der Waals surface area contributed by atoms with Crippen LogP contribution in [0.2, 0.25) is 0 Å². The molecule has 120 valence electrons. The molecule has 0 aliphatic heterocycles. The third-order valence-electron chi connectivity index (χ3n) is 3.48. The average molecular weight is 304 g/mol. The van der Waals surface area contributed by atoms with Crippen LogP contribution in [0.3, 0.4) is 0 Å². The lowest BCUT2D eigenvalue weighted by Crippen LogP contribution is -2.30. The third-order valence-corrected chi connectivity index (χ3v) is 3.48. The molecule has 22 heavy (non-hydrogen) atoms. The predicted molar refractivity (Wildman–Crippen MR) is 85.8 cm³/mol. The maximum Gasteiger partial charge on any atom is 0.253 e. The van der Waals surface area contributed by atoms with E-state index in [1.54, 1.807) is 31.2 Å². The van der Waals surface area contributed by atoms with Crippen LogP contribution in [-0.4, -0.2) is 30.6 Å². The molecule has 5 heteroatoms. The number of carbonyl (C=O) groups excluding carboxylic acids is 2. The monoisotopic (exact) mass is 304 g/mol. The van der Waals surface area contributed by atoms with Crippen molar-refractivity contribution in [3.63, 3.8) is 0 Å². The minimum absolute atomic E-state index is 0.0938. The summed E-state index contributed by atoms with van der Waals surface area (Å²) in [5, 5.41) is 5.62. The predicted octanol–water partition coefficient (Wildman–Crippen LogP) is 2.58. The zero-order valence-electron chi connectivity index (χ0n) is 13.4. The van der Waals surface area contributed by atoms with E-state index in [9.17, 15) is 9.59 Å². The first-order chi connectivity index (χ1) is 10.5. The molecule has 0 bridgehead atoms. The van der Waals surface area contributed by atoms with E-state index in [0.717, 1.165) is 0 Å². The Hall–Kier alpha value is -1.88. The summed E-state index contributed by atoms with van der Waals surface area (Å²) in [7, 11) is 0. The van der Waals surface area contributed by atoms with Gasteiger partial charge in [-0.15, -0.1) is 0 Å². The Morgan fingerprint density at radius 2 is 1.82 bits per heavy atom. The first kappa shape index (κ1) is 16.5. The molecule has 1 aromatic rings. The van der Waals surface area contributed by atoms with Crippen molar-refractivity contribution in [2.75, 3.05) is 11.9 Å². The molecule has 0 saturated heterocycles. The fourth-order valence-electron chi connectivity index (χ4n) is 1.93. The minimum atomic E-state index is -0.468. The van der Waals surface area contributed by atoms with Gasteiger partial charge in [-0.2, -0.15) is 0 Å². The van der Waals surface area contributed by atoms with Gasteiger partial charge in [0.2, 0.25) is 0 Å². The molecule has 1 fully saturated rings. The SMILES string of the molecule is CC(C)NC(=O)c1ccc(NC(=O)C(C)OCC2CC2)cc1. The Balaban J connectivity index is 1.84. The quantitative estimate of drug-likeness (QED) is 0.813. The number of hydrogen-bond donors (Lipinski definition) is 2. The van der Waals surface area contributed by atoms with Crippen molar-refractivity contribution in [1.82, 2.24) is 5.32 Å². The van der Waals surface area contributed by atoms with Crippen LogP contribution >= 0.6 is 0 Å². The molecule has 0 aromatic heterocycles. The molecule has 1 atom stereocenters. The van der Waals surface area contributed by atoms with Gasteiger partial charge in [0, 0.05) is 17.3 Å². The van der Waals surface area contributed by atoms with E-state index in [-0.39, 0.29) is 17.9 Å². The summed E-state index contributed by atoms with van der Waals surface area (Å²) >= 11 is 0. The summed E-state index contributed by atoms with van der Waals surface area (Å²) in [5.74, 6) is 0.350. The number of rotatable bonds is 7. The second-order valence-corrected chi connectivity index (χ2v) is 6.11. The molecule has 0 heterocycles. The van der Waals surface area contributed by atoms with Gasteiger partial charge < -0.3 is 15.4 Å². The van der Waals surface area contributed by atoms with Gasteiger partial charge in [0.15, 0.2) is 0 Å². The highest BCUT2D eigenvalue weighted by atomic mass is 16.5. The van der Waals surface area contributed by atoms with Crippen molar-refractivity contribution in [2.45, 2.75) is 45.8 Å². The molecule has 0 spiro atoms. The van der Waals surface area contributed by atoms with Crippen LogP contribution in [0, 0.1) is 5.92 Å². The smallest absolute Gasteiger partial charge is 0.253 e. The van der Waals surface area contributed by atoms with Gasteiger partial charge in [-0.3, -0.25) is 9.59 Å². The maximum atomic E-state index is 12.0. The van der Waals surface area contributed by atoms with E-state index in [1.807, 2.05) is 13.8 Å². The summed E-state index contributed by atoms with van der Waals surface area (Å²) in [6.45, 7) is 6.23. The Morgan fingerprint density at radius 1 is 1.18 bits per heavy atom. The summed E-state index contributed by atoms with van der Waals surface area (Å²) in [4.78, 5) is 23.8. The van der Waals surface area contributed by atoms with E-state index in [1.165, 1.54) is 12.8 Å². The van der Waals surface area contributed by atoms with Crippen LogP contribution in [0.1, 0.15) is 44.0 Å². The normalized spacial score (nSPS) is 15.5. The first-order valence-electron chi connectivity index (χ1n) is 7.79. The van der Waals surface area contributed by atoms with E-state index in [0.29, 0.717) is 23.8 Å². The molecular weight excluding hydrogens is 280 g/mol. The molecule has 1 aromatic carbocycles. The molecule has 0 radical (unpaired) electrons. The molecular formula is C17H24N2O3. The molecule has 1 unspecified atom stereocenters.